The first-order chi connectivity index (χ1) is 14.2. The zero-order valence-electron chi connectivity index (χ0n) is 16.4. The van der Waals surface area contributed by atoms with Crippen molar-refractivity contribution < 1.29 is 4.42 Å². The molecule has 0 aliphatic heterocycles. The molecule has 29 heavy (non-hydrogen) atoms. The summed E-state index contributed by atoms with van der Waals surface area (Å²) in [6, 6.07) is 28.2. The van der Waals surface area contributed by atoms with Crippen molar-refractivity contribution in [2.75, 3.05) is 0 Å². The van der Waals surface area contributed by atoms with E-state index in [0.29, 0.717) is 5.92 Å². The van der Waals surface area contributed by atoms with E-state index < -0.39 is 0 Å². The van der Waals surface area contributed by atoms with Crippen molar-refractivity contribution in [2.45, 2.75) is 19.8 Å². The fraction of sp³-hybridized carbons (Fsp3) is 0.111. The molecule has 0 fully saturated rings. The Hall–Kier alpha value is -3.10. The molecule has 0 amide bonds. The maximum Gasteiger partial charge on any atom is 0.143 e. The van der Waals surface area contributed by atoms with Crippen LogP contribution in [0.25, 0.3) is 53.2 Å². The van der Waals surface area contributed by atoms with E-state index in [1.807, 2.05) is 23.5 Å². The molecule has 0 saturated carbocycles. The van der Waals surface area contributed by atoms with Gasteiger partial charge in [-0.3, -0.25) is 0 Å². The Morgan fingerprint density at radius 1 is 0.621 bits per heavy atom. The predicted octanol–water partition coefficient (Wildman–Crippen LogP) is 8.74. The molecule has 0 spiro atoms. The van der Waals surface area contributed by atoms with E-state index in [9.17, 15) is 0 Å². The number of rotatable bonds is 2. The summed E-state index contributed by atoms with van der Waals surface area (Å²) >= 11 is 1.91. The molecule has 0 atom stereocenters. The van der Waals surface area contributed by atoms with E-state index in [0.717, 1.165) is 11.2 Å². The highest BCUT2D eigenvalue weighted by atomic mass is 32.1. The molecule has 0 unspecified atom stereocenters. The van der Waals surface area contributed by atoms with Crippen LogP contribution in [-0.4, -0.2) is 0 Å². The topological polar surface area (TPSA) is 13.1 Å². The van der Waals surface area contributed by atoms with Gasteiger partial charge in [0.2, 0.25) is 0 Å². The number of hydrogen-bond donors (Lipinski definition) is 0. The zero-order valence-corrected chi connectivity index (χ0v) is 17.2. The lowest BCUT2D eigenvalue weighted by atomic mass is 9.98. The first-order valence-electron chi connectivity index (χ1n) is 10.1. The van der Waals surface area contributed by atoms with Gasteiger partial charge < -0.3 is 4.42 Å². The molecule has 0 saturated heterocycles. The first-order valence-corrected chi connectivity index (χ1v) is 10.9. The van der Waals surface area contributed by atoms with E-state index in [1.165, 1.54) is 47.6 Å². The summed E-state index contributed by atoms with van der Waals surface area (Å²) in [5, 5.41) is 5.04. The van der Waals surface area contributed by atoms with Crippen LogP contribution in [0.2, 0.25) is 0 Å². The van der Waals surface area contributed by atoms with Gasteiger partial charge in [0.25, 0.3) is 0 Å². The van der Waals surface area contributed by atoms with Crippen molar-refractivity contribution in [3.05, 3.63) is 84.4 Å². The third kappa shape index (κ3) is 2.39. The Labute approximate surface area is 173 Å². The van der Waals surface area contributed by atoms with Gasteiger partial charge in [0, 0.05) is 42.1 Å². The minimum Gasteiger partial charge on any atom is -0.455 e. The number of hydrogen-bond acceptors (Lipinski definition) is 2. The summed E-state index contributed by atoms with van der Waals surface area (Å²) in [6.45, 7) is 4.55. The number of fused-ring (bicyclic) bond motifs is 6. The summed E-state index contributed by atoms with van der Waals surface area (Å²) in [7, 11) is 0. The average molecular weight is 393 g/mol. The van der Waals surface area contributed by atoms with Crippen LogP contribution in [0.3, 0.4) is 0 Å². The molecule has 0 N–H and O–H groups in total. The molecule has 2 heterocycles. The highest BCUT2D eigenvalue weighted by Gasteiger charge is 2.17. The van der Waals surface area contributed by atoms with Gasteiger partial charge >= 0.3 is 0 Å². The summed E-state index contributed by atoms with van der Waals surface area (Å²) < 4.78 is 9.07. The molecule has 1 nitrogen and oxygen atoms in total. The highest BCUT2D eigenvalue weighted by Crippen LogP contribution is 2.44. The molecule has 140 valence electrons. The fourth-order valence-electron chi connectivity index (χ4n) is 4.47. The molecule has 2 heteroatoms. The van der Waals surface area contributed by atoms with Crippen molar-refractivity contribution in [2.24, 2.45) is 0 Å². The van der Waals surface area contributed by atoms with Crippen LogP contribution >= 0.6 is 11.3 Å². The van der Waals surface area contributed by atoms with Gasteiger partial charge in [-0.25, -0.2) is 0 Å². The number of furan rings is 1. The maximum absolute atomic E-state index is 6.33. The van der Waals surface area contributed by atoms with E-state index in [2.05, 4.69) is 80.6 Å². The normalized spacial score (nSPS) is 12.1. The van der Waals surface area contributed by atoms with E-state index in [4.69, 9.17) is 4.42 Å². The smallest absolute Gasteiger partial charge is 0.143 e. The van der Waals surface area contributed by atoms with Gasteiger partial charge in [-0.05, 0) is 17.5 Å². The molecule has 6 rings (SSSR count). The Morgan fingerprint density at radius 2 is 1.28 bits per heavy atom. The molecular formula is C27H20OS. The monoisotopic (exact) mass is 392 g/mol. The molecule has 0 bridgehead atoms. The minimum atomic E-state index is 0.508. The number of para-hydroxylation sites is 2. The average Bonchev–Trinajstić information content (AvgIpc) is 3.31. The molecule has 6 aromatic rings. The fourth-order valence-corrected chi connectivity index (χ4v) is 5.96. The lowest BCUT2D eigenvalue weighted by Crippen LogP contribution is -1.85. The summed E-state index contributed by atoms with van der Waals surface area (Å²) in [6.07, 6.45) is 0. The zero-order chi connectivity index (χ0) is 19.5. The van der Waals surface area contributed by atoms with Crippen LogP contribution in [0.1, 0.15) is 25.3 Å². The summed E-state index contributed by atoms with van der Waals surface area (Å²) in [5.74, 6) is 0.508. The summed E-state index contributed by atoms with van der Waals surface area (Å²) in [4.78, 5) is 0. The number of benzene rings is 4. The largest absolute Gasteiger partial charge is 0.455 e. The highest BCUT2D eigenvalue weighted by molar-refractivity contribution is 7.26. The third-order valence-electron chi connectivity index (χ3n) is 5.87. The van der Waals surface area contributed by atoms with E-state index in [-0.39, 0.29) is 0 Å². The lowest BCUT2D eigenvalue weighted by molar-refractivity contribution is 0.670. The lowest BCUT2D eigenvalue weighted by Gasteiger charge is -2.05. The Bertz CT molecular complexity index is 1530. The number of thiophene rings is 1. The van der Waals surface area contributed by atoms with Crippen LogP contribution in [0, 0.1) is 0 Å². The van der Waals surface area contributed by atoms with E-state index in [1.54, 1.807) is 0 Å². The van der Waals surface area contributed by atoms with Crippen LogP contribution in [0.15, 0.2) is 83.3 Å². The van der Waals surface area contributed by atoms with Crippen LogP contribution in [0.5, 0.6) is 0 Å². The van der Waals surface area contributed by atoms with Crippen molar-refractivity contribution in [3.63, 3.8) is 0 Å². The maximum atomic E-state index is 6.33. The second kappa shape index (κ2) is 6.20. The van der Waals surface area contributed by atoms with Crippen molar-refractivity contribution in [1.82, 2.24) is 0 Å². The molecule has 0 aliphatic rings. The van der Waals surface area contributed by atoms with Gasteiger partial charge in [-0.15, -0.1) is 11.3 Å². The molecule has 4 aromatic carbocycles. The predicted molar refractivity (Wildman–Crippen MR) is 126 cm³/mol. The van der Waals surface area contributed by atoms with Gasteiger partial charge in [-0.2, -0.15) is 0 Å². The Balaban J connectivity index is 1.72. The van der Waals surface area contributed by atoms with Crippen molar-refractivity contribution >= 4 is 53.4 Å². The van der Waals surface area contributed by atoms with Crippen molar-refractivity contribution in [1.29, 1.82) is 0 Å². The Morgan fingerprint density at radius 3 is 2.10 bits per heavy atom. The van der Waals surface area contributed by atoms with Crippen LogP contribution < -0.4 is 0 Å². The Kier molecular flexibility index (Phi) is 3.60. The van der Waals surface area contributed by atoms with Crippen LogP contribution in [-0.2, 0) is 0 Å². The quantitative estimate of drug-likeness (QED) is 0.287. The van der Waals surface area contributed by atoms with Gasteiger partial charge in [0.15, 0.2) is 0 Å². The minimum absolute atomic E-state index is 0.508. The molecule has 0 aliphatic carbocycles. The summed E-state index contributed by atoms with van der Waals surface area (Å²) in [5.41, 5.74) is 5.77. The van der Waals surface area contributed by atoms with Gasteiger partial charge in [0.05, 0.1) is 0 Å². The molecular weight excluding hydrogens is 372 g/mol. The standard InChI is InChI=1S/C27H20OS/c1-16(2)17-9-5-13-22-23-14-7-12-21(27(23)29-26(17)22)20-11-6-10-19-18-8-3-4-15-24(18)28-25(19)20/h3-16H,1-2H3. The van der Waals surface area contributed by atoms with E-state index >= 15 is 0 Å². The third-order valence-corrected chi connectivity index (χ3v) is 7.17. The second-order valence-electron chi connectivity index (χ2n) is 7.94. The molecule has 0 radical (unpaired) electrons. The second-order valence-corrected chi connectivity index (χ2v) is 8.96. The molecule has 2 aromatic heterocycles. The van der Waals surface area contributed by atoms with Gasteiger partial charge in [0.1, 0.15) is 11.2 Å². The van der Waals surface area contributed by atoms with Crippen molar-refractivity contribution in [3.8, 4) is 11.1 Å². The SMILES string of the molecule is CC(C)c1cccc2c1sc1c(-c3cccc4c3oc3ccccc34)cccc12. The van der Waals surface area contributed by atoms with Crippen LogP contribution in [0.4, 0.5) is 0 Å². The first kappa shape index (κ1) is 16.8. The van der Waals surface area contributed by atoms with Gasteiger partial charge in [-0.1, -0.05) is 86.6 Å².